The van der Waals surface area contributed by atoms with E-state index in [-0.39, 0.29) is 0 Å². The Bertz CT molecular complexity index is 372. The molecule has 0 unspecified atom stereocenters. The number of aliphatic hydroxyl groups is 1. The molecule has 5 heteroatoms. The minimum Gasteiger partial charge on any atom is -0.492 e. The van der Waals surface area contributed by atoms with Crippen molar-refractivity contribution in [1.29, 1.82) is 0 Å². The van der Waals surface area contributed by atoms with E-state index in [1.807, 2.05) is 0 Å². The van der Waals surface area contributed by atoms with Crippen molar-refractivity contribution >= 4 is 34.8 Å². The predicted molar refractivity (Wildman–Crippen MR) is 67.9 cm³/mol. The molecule has 0 bridgehead atoms. The summed E-state index contributed by atoms with van der Waals surface area (Å²) in [7, 11) is 0. The van der Waals surface area contributed by atoms with Gasteiger partial charge in [-0.3, -0.25) is 0 Å². The fraction of sp³-hybridized carbons (Fsp3) is 0.455. The lowest BCUT2D eigenvalue weighted by Gasteiger charge is -2.17. The summed E-state index contributed by atoms with van der Waals surface area (Å²) in [5.41, 5.74) is -0.761. The summed E-state index contributed by atoms with van der Waals surface area (Å²) in [5.74, 6) is 0.473. The number of ether oxygens (including phenoxy) is 1. The molecule has 90 valence electrons. The normalized spacial score (nSPS) is 11.6. The molecule has 0 atom stereocenters. The quantitative estimate of drug-likeness (QED) is 0.840. The molecule has 0 fully saturated rings. The molecular weight excluding hydrogens is 270 g/mol. The van der Waals surface area contributed by atoms with Crippen molar-refractivity contribution < 1.29 is 9.84 Å². The molecule has 0 spiro atoms. The molecule has 0 saturated heterocycles. The monoisotopic (exact) mass is 282 g/mol. The molecule has 1 aromatic rings. The largest absolute Gasteiger partial charge is 0.492 e. The van der Waals surface area contributed by atoms with Crippen LogP contribution in [-0.4, -0.2) is 17.3 Å². The van der Waals surface area contributed by atoms with Crippen molar-refractivity contribution in [2.45, 2.75) is 25.9 Å². The highest BCUT2D eigenvalue weighted by Crippen LogP contribution is 2.33. The Balaban J connectivity index is 2.64. The summed E-state index contributed by atoms with van der Waals surface area (Å²) in [6.07, 6.45) is 0.504. The van der Waals surface area contributed by atoms with Gasteiger partial charge in [-0.1, -0.05) is 34.8 Å². The molecule has 1 aromatic carbocycles. The van der Waals surface area contributed by atoms with Gasteiger partial charge in [0.25, 0.3) is 0 Å². The minimum atomic E-state index is -0.761. The van der Waals surface area contributed by atoms with Crippen molar-refractivity contribution in [3.05, 3.63) is 27.2 Å². The van der Waals surface area contributed by atoms with Crippen LogP contribution in [0, 0.1) is 0 Å². The standard InChI is InChI=1S/C11H13Cl3O2/c1-11(2,15)3-4-16-10-6-8(13)7(12)5-9(10)14/h5-6,15H,3-4H2,1-2H3. The number of halogens is 3. The molecule has 2 nitrogen and oxygen atoms in total. The van der Waals surface area contributed by atoms with E-state index >= 15 is 0 Å². The molecule has 1 N–H and O–H groups in total. The van der Waals surface area contributed by atoms with E-state index in [0.717, 1.165) is 0 Å². The third-order valence-corrected chi connectivity index (χ3v) is 2.96. The van der Waals surface area contributed by atoms with E-state index in [4.69, 9.17) is 39.5 Å². The minimum absolute atomic E-state index is 0.362. The lowest BCUT2D eigenvalue weighted by molar-refractivity contribution is 0.0553. The molecule has 0 saturated carbocycles. The summed E-state index contributed by atoms with van der Waals surface area (Å²) in [6.45, 7) is 3.79. The average Bonchev–Trinajstić information content (AvgIpc) is 2.11. The molecule has 0 radical (unpaired) electrons. The molecule has 0 amide bonds. The van der Waals surface area contributed by atoms with Gasteiger partial charge in [-0.05, 0) is 19.9 Å². The van der Waals surface area contributed by atoms with Crippen LogP contribution in [0.5, 0.6) is 5.75 Å². The molecule has 0 aliphatic rings. The Kier molecular flexibility index (Phi) is 4.74. The van der Waals surface area contributed by atoms with Gasteiger partial charge in [-0.15, -0.1) is 0 Å². The van der Waals surface area contributed by atoms with Gasteiger partial charge in [0.2, 0.25) is 0 Å². The van der Waals surface area contributed by atoms with Crippen LogP contribution in [0.25, 0.3) is 0 Å². The summed E-state index contributed by atoms with van der Waals surface area (Å²) in [6, 6.07) is 3.10. The van der Waals surface area contributed by atoms with Crippen LogP contribution < -0.4 is 4.74 Å². The maximum Gasteiger partial charge on any atom is 0.139 e. The molecule has 0 heterocycles. The van der Waals surface area contributed by atoms with Gasteiger partial charge in [0.05, 0.1) is 27.3 Å². The Hall–Kier alpha value is -0.150. The van der Waals surface area contributed by atoms with Crippen LogP contribution in [0.2, 0.25) is 15.1 Å². The lowest BCUT2D eigenvalue weighted by Crippen LogP contribution is -2.21. The number of hydrogen-bond acceptors (Lipinski definition) is 2. The maximum absolute atomic E-state index is 9.50. The Morgan fingerprint density at radius 1 is 1.12 bits per heavy atom. The number of benzene rings is 1. The van der Waals surface area contributed by atoms with Crippen molar-refractivity contribution in [2.24, 2.45) is 0 Å². The van der Waals surface area contributed by atoms with E-state index in [0.29, 0.717) is 33.8 Å². The highest BCUT2D eigenvalue weighted by atomic mass is 35.5. The van der Waals surface area contributed by atoms with Crippen molar-refractivity contribution in [1.82, 2.24) is 0 Å². The highest BCUT2D eigenvalue weighted by molar-refractivity contribution is 6.43. The third kappa shape index (κ3) is 4.38. The van der Waals surface area contributed by atoms with Crippen molar-refractivity contribution in [2.75, 3.05) is 6.61 Å². The molecule has 16 heavy (non-hydrogen) atoms. The second kappa shape index (κ2) is 5.46. The zero-order chi connectivity index (χ0) is 12.3. The van der Waals surface area contributed by atoms with Crippen LogP contribution in [0.1, 0.15) is 20.3 Å². The van der Waals surface area contributed by atoms with E-state index in [1.165, 1.54) is 6.07 Å². The zero-order valence-electron chi connectivity index (χ0n) is 9.06. The van der Waals surface area contributed by atoms with Gasteiger partial charge in [0, 0.05) is 12.5 Å². The molecule has 0 aromatic heterocycles. The summed E-state index contributed by atoms with van der Waals surface area (Å²) >= 11 is 17.5. The third-order valence-electron chi connectivity index (χ3n) is 1.95. The fourth-order valence-corrected chi connectivity index (χ4v) is 1.62. The van der Waals surface area contributed by atoms with Crippen molar-refractivity contribution in [3.8, 4) is 5.75 Å². The maximum atomic E-state index is 9.50. The highest BCUT2D eigenvalue weighted by Gasteiger charge is 2.13. The first kappa shape index (κ1) is 13.9. The predicted octanol–water partition coefficient (Wildman–Crippen LogP) is 4.19. The van der Waals surface area contributed by atoms with Gasteiger partial charge in [0.15, 0.2) is 0 Å². The molecule has 1 rings (SSSR count). The summed E-state index contributed by atoms with van der Waals surface area (Å²) in [5, 5.41) is 10.7. The van der Waals surface area contributed by atoms with Gasteiger partial charge >= 0.3 is 0 Å². The van der Waals surface area contributed by atoms with Crippen molar-refractivity contribution in [3.63, 3.8) is 0 Å². The van der Waals surface area contributed by atoms with Gasteiger partial charge < -0.3 is 9.84 Å². The van der Waals surface area contributed by atoms with Crippen LogP contribution >= 0.6 is 34.8 Å². The average molecular weight is 284 g/mol. The SMILES string of the molecule is CC(C)(O)CCOc1cc(Cl)c(Cl)cc1Cl. The number of hydrogen-bond donors (Lipinski definition) is 1. The van der Waals surface area contributed by atoms with E-state index < -0.39 is 5.60 Å². The summed E-state index contributed by atoms with van der Waals surface area (Å²) in [4.78, 5) is 0. The first-order chi connectivity index (χ1) is 7.29. The van der Waals surface area contributed by atoms with Gasteiger partial charge in [-0.2, -0.15) is 0 Å². The van der Waals surface area contributed by atoms with Crippen LogP contribution in [0.3, 0.4) is 0 Å². The molecular formula is C11H13Cl3O2. The van der Waals surface area contributed by atoms with E-state index in [2.05, 4.69) is 0 Å². The first-order valence-corrected chi connectivity index (χ1v) is 5.93. The smallest absolute Gasteiger partial charge is 0.139 e. The van der Waals surface area contributed by atoms with Gasteiger partial charge in [-0.25, -0.2) is 0 Å². The summed E-state index contributed by atoms with van der Waals surface area (Å²) < 4.78 is 5.41. The topological polar surface area (TPSA) is 29.5 Å². The van der Waals surface area contributed by atoms with E-state index in [9.17, 15) is 5.11 Å². The van der Waals surface area contributed by atoms with Crippen LogP contribution in [-0.2, 0) is 0 Å². The van der Waals surface area contributed by atoms with Gasteiger partial charge in [0.1, 0.15) is 5.75 Å². The molecule has 0 aliphatic heterocycles. The second-order valence-corrected chi connectivity index (χ2v) is 5.33. The second-order valence-electron chi connectivity index (χ2n) is 4.11. The fourth-order valence-electron chi connectivity index (χ4n) is 1.03. The Morgan fingerprint density at radius 2 is 1.69 bits per heavy atom. The molecule has 0 aliphatic carbocycles. The number of rotatable bonds is 4. The van der Waals surface area contributed by atoms with Crippen LogP contribution in [0.4, 0.5) is 0 Å². The Morgan fingerprint density at radius 3 is 2.25 bits per heavy atom. The first-order valence-electron chi connectivity index (χ1n) is 4.79. The van der Waals surface area contributed by atoms with Crippen LogP contribution in [0.15, 0.2) is 12.1 Å². The lowest BCUT2D eigenvalue weighted by atomic mass is 10.1. The van der Waals surface area contributed by atoms with E-state index in [1.54, 1.807) is 19.9 Å². The Labute approximate surface area is 110 Å². The zero-order valence-corrected chi connectivity index (χ0v) is 11.3.